The van der Waals surface area contributed by atoms with Crippen LogP contribution in [0.3, 0.4) is 0 Å². The fourth-order valence-corrected chi connectivity index (χ4v) is 3.08. The SMILES string of the molecule is NC1(c2ccncc2)CCN(CCc2ccccc2)CC1. The smallest absolute Gasteiger partial charge is 0.0435 e. The molecule has 1 aromatic carbocycles. The first kappa shape index (κ1) is 14.2. The van der Waals surface area contributed by atoms with Crippen molar-refractivity contribution in [3.05, 3.63) is 66.0 Å². The highest BCUT2D eigenvalue weighted by molar-refractivity contribution is 5.22. The number of hydrogen-bond donors (Lipinski definition) is 1. The second-order valence-corrected chi connectivity index (χ2v) is 5.97. The third-order valence-corrected chi connectivity index (χ3v) is 4.56. The van der Waals surface area contributed by atoms with E-state index in [1.807, 2.05) is 12.4 Å². The van der Waals surface area contributed by atoms with E-state index in [0.29, 0.717) is 0 Å². The first-order chi connectivity index (χ1) is 10.3. The lowest BCUT2D eigenvalue weighted by Crippen LogP contribution is -2.48. The highest BCUT2D eigenvalue weighted by atomic mass is 15.1. The van der Waals surface area contributed by atoms with Crippen molar-refractivity contribution in [2.45, 2.75) is 24.8 Å². The molecule has 1 saturated heterocycles. The maximum absolute atomic E-state index is 6.60. The van der Waals surface area contributed by atoms with Crippen molar-refractivity contribution in [2.24, 2.45) is 5.73 Å². The van der Waals surface area contributed by atoms with Crippen LogP contribution in [0.25, 0.3) is 0 Å². The van der Waals surface area contributed by atoms with Crippen LogP contribution in [0, 0.1) is 0 Å². The molecule has 0 aliphatic carbocycles. The molecule has 0 bridgehead atoms. The van der Waals surface area contributed by atoms with Gasteiger partial charge < -0.3 is 10.6 Å². The summed E-state index contributed by atoms with van der Waals surface area (Å²) in [6, 6.07) is 14.8. The summed E-state index contributed by atoms with van der Waals surface area (Å²) in [6.07, 6.45) is 6.84. The maximum atomic E-state index is 6.60. The van der Waals surface area contributed by atoms with E-state index in [1.165, 1.54) is 11.1 Å². The summed E-state index contributed by atoms with van der Waals surface area (Å²) in [7, 11) is 0. The zero-order valence-electron chi connectivity index (χ0n) is 12.4. The first-order valence-corrected chi connectivity index (χ1v) is 7.72. The van der Waals surface area contributed by atoms with Gasteiger partial charge in [0.05, 0.1) is 0 Å². The van der Waals surface area contributed by atoms with E-state index in [9.17, 15) is 0 Å². The summed E-state index contributed by atoms with van der Waals surface area (Å²) >= 11 is 0. The monoisotopic (exact) mass is 281 g/mol. The Morgan fingerprint density at radius 2 is 1.67 bits per heavy atom. The average Bonchev–Trinajstić information content (AvgIpc) is 2.56. The number of piperidine rings is 1. The van der Waals surface area contributed by atoms with Gasteiger partial charge in [-0.3, -0.25) is 4.98 Å². The minimum atomic E-state index is -0.174. The number of hydrogen-bond acceptors (Lipinski definition) is 3. The highest BCUT2D eigenvalue weighted by Gasteiger charge is 2.31. The number of pyridine rings is 1. The Hall–Kier alpha value is -1.71. The topological polar surface area (TPSA) is 42.1 Å². The zero-order chi connectivity index (χ0) is 14.5. The molecule has 3 rings (SSSR count). The normalized spacial score (nSPS) is 18.5. The number of nitrogens with two attached hydrogens (primary N) is 1. The summed E-state index contributed by atoms with van der Waals surface area (Å²) in [5.41, 5.74) is 9.06. The van der Waals surface area contributed by atoms with Crippen molar-refractivity contribution in [1.29, 1.82) is 0 Å². The molecule has 1 aliphatic rings. The van der Waals surface area contributed by atoms with Crippen molar-refractivity contribution in [1.82, 2.24) is 9.88 Å². The van der Waals surface area contributed by atoms with E-state index in [2.05, 4.69) is 52.3 Å². The fourth-order valence-electron chi connectivity index (χ4n) is 3.08. The van der Waals surface area contributed by atoms with Crippen molar-refractivity contribution >= 4 is 0 Å². The van der Waals surface area contributed by atoms with Crippen LogP contribution in [0.15, 0.2) is 54.9 Å². The van der Waals surface area contributed by atoms with Crippen molar-refractivity contribution in [3.8, 4) is 0 Å². The lowest BCUT2D eigenvalue weighted by molar-refractivity contribution is 0.163. The highest BCUT2D eigenvalue weighted by Crippen LogP contribution is 2.29. The lowest BCUT2D eigenvalue weighted by Gasteiger charge is -2.39. The van der Waals surface area contributed by atoms with Crippen molar-refractivity contribution in [3.63, 3.8) is 0 Å². The predicted octanol–water partition coefficient (Wildman–Crippen LogP) is 2.57. The van der Waals surface area contributed by atoms with Gasteiger partial charge in [0.25, 0.3) is 0 Å². The van der Waals surface area contributed by atoms with Crippen molar-refractivity contribution in [2.75, 3.05) is 19.6 Å². The summed E-state index contributed by atoms with van der Waals surface area (Å²) < 4.78 is 0. The Labute approximate surface area is 126 Å². The van der Waals surface area contributed by atoms with Gasteiger partial charge in [-0.1, -0.05) is 30.3 Å². The Morgan fingerprint density at radius 1 is 1.00 bits per heavy atom. The van der Waals surface area contributed by atoms with Gasteiger partial charge >= 0.3 is 0 Å². The van der Waals surface area contributed by atoms with E-state index in [1.54, 1.807) is 0 Å². The number of rotatable bonds is 4. The molecule has 0 saturated carbocycles. The van der Waals surface area contributed by atoms with Gasteiger partial charge in [-0.15, -0.1) is 0 Å². The van der Waals surface area contributed by atoms with Gasteiger partial charge in [0.2, 0.25) is 0 Å². The maximum Gasteiger partial charge on any atom is 0.0435 e. The van der Waals surface area contributed by atoms with Gasteiger partial charge in [-0.05, 0) is 42.5 Å². The van der Waals surface area contributed by atoms with Crippen molar-refractivity contribution < 1.29 is 0 Å². The molecule has 3 nitrogen and oxygen atoms in total. The Bertz CT molecular complexity index is 545. The summed E-state index contributed by atoms with van der Waals surface area (Å²) in [5, 5.41) is 0. The molecule has 2 aromatic rings. The third-order valence-electron chi connectivity index (χ3n) is 4.56. The van der Waals surface area contributed by atoms with Gasteiger partial charge in [-0.2, -0.15) is 0 Å². The molecule has 0 unspecified atom stereocenters. The third kappa shape index (κ3) is 3.49. The minimum Gasteiger partial charge on any atom is -0.321 e. The predicted molar refractivity (Wildman–Crippen MR) is 85.9 cm³/mol. The van der Waals surface area contributed by atoms with Crippen LogP contribution in [0.5, 0.6) is 0 Å². The van der Waals surface area contributed by atoms with Crippen LogP contribution in [-0.4, -0.2) is 29.5 Å². The molecule has 0 radical (unpaired) electrons. The van der Waals surface area contributed by atoms with E-state index in [0.717, 1.165) is 38.9 Å². The van der Waals surface area contributed by atoms with Gasteiger partial charge in [0.1, 0.15) is 0 Å². The van der Waals surface area contributed by atoms with Gasteiger partial charge in [-0.25, -0.2) is 0 Å². The first-order valence-electron chi connectivity index (χ1n) is 7.72. The van der Waals surface area contributed by atoms with Crippen LogP contribution in [0.4, 0.5) is 0 Å². The standard InChI is InChI=1S/C18H23N3/c19-18(17-6-11-20-12-7-17)9-14-21(15-10-18)13-8-16-4-2-1-3-5-16/h1-7,11-12H,8-10,13-15,19H2. The zero-order valence-corrected chi connectivity index (χ0v) is 12.4. The van der Waals surface area contributed by atoms with Crippen LogP contribution in [0.2, 0.25) is 0 Å². The minimum absolute atomic E-state index is 0.174. The molecule has 0 atom stereocenters. The number of benzene rings is 1. The second kappa shape index (κ2) is 6.37. The van der Waals surface area contributed by atoms with E-state index < -0.39 is 0 Å². The van der Waals surface area contributed by atoms with E-state index in [4.69, 9.17) is 5.73 Å². The Balaban J connectivity index is 1.53. The molecule has 2 N–H and O–H groups in total. The molecule has 0 amide bonds. The molecule has 110 valence electrons. The molecule has 1 aromatic heterocycles. The number of likely N-dealkylation sites (tertiary alicyclic amines) is 1. The second-order valence-electron chi connectivity index (χ2n) is 5.97. The van der Waals surface area contributed by atoms with Gasteiger partial charge in [0, 0.05) is 37.6 Å². The van der Waals surface area contributed by atoms with Gasteiger partial charge in [0.15, 0.2) is 0 Å². The summed E-state index contributed by atoms with van der Waals surface area (Å²) in [5.74, 6) is 0. The van der Waals surface area contributed by atoms with Crippen LogP contribution < -0.4 is 5.73 Å². The van der Waals surface area contributed by atoms with E-state index in [-0.39, 0.29) is 5.54 Å². The quantitative estimate of drug-likeness (QED) is 0.936. The average molecular weight is 281 g/mol. The molecule has 2 heterocycles. The molecule has 0 spiro atoms. The van der Waals surface area contributed by atoms with Crippen LogP contribution in [0.1, 0.15) is 24.0 Å². The molecular weight excluding hydrogens is 258 g/mol. The molecule has 3 heteroatoms. The molecular formula is C18H23N3. The Kier molecular flexibility index (Phi) is 4.32. The lowest BCUT2D eigenvalue weighted by atomic mass is 9.82. The molecule has 1 aliphatic heterocycles. The largest absolute Gasteiger partial charge is 0.321 e. The summed E-state index contributed by atoms with van der Waals surface area (Å²) in [4.78, 5) is 6.61. The van der Waals surface area contributed by atoms with Crippen LogP contribution in [-0.2, 0) is 12.0 Å². The van der Waals surface area contributed by atoms with E-state index >= 15 is 0 Å². The molecule has 21 heavy (non-hydrogen) atoms. The fraction of sp³-hybridized carbons (Fsp3) is 0.389. The molecule has 1 fully saturated rings. The Morgan fingerprint density at radius 3 is 2.33 bits per heavy atom. The number of nitrogens with zero attached hydrogens (tertiary/aromatic N) is 2. The number of aromatic nitrogens is 1. The summed E-state index contributed by atoms with van der Waals surface area (Å²) in [6.45, 7) is 3.27. The van der Waals surface area contributed by atoms with Crippen LogP contribution >= 0.6 is 0 Å².